The van der Waals surface area contributed by atoms with Crippen molar-refractivity contribution in [3.63, 3.8) is 0 Å². The van der Waals surface area contributed by atoms with E-state index in [2.05, 4.69) is 5.32 Å². The van der Waals surface area contributed by atoms with Gasteiger partial charge in [-0.05, 0) is 39.8 Å². The molecule has 2 unspecified atom stereocenters. The van der Waals surface area contributed by atoms with Crippen molar-refractivity contribution < 1.29 is 23.9 Å². The molecule has 8 heteroatoms. The van der Waals surface area contributed by atoms with E-state index in [1.807, 2.05) is 13.8 Å². The molecule has 0 spiro atoms. The molecule has 0 fully saturated rings. The first-order valence-corrected chi connectivity index (χ1v) is 10.7. The molecule has 0 aromatic rings. The van der Waals surface area contributed by atoms with E-state index >= 15 is 0 Å². The smallest absolute Gasteiger partial charge is 0.306 e. The number of esters is 1. The summed E-state index contributed by atoms with van der Waals surface area (Å²) in [6, 6.07) is -0.658. The van der Waals surface area contributed by atoms with Gasteiger partial charge in [0.15, 0.2) is 5.78 Å². The molecule has 1 amide bonds. The predicted octanol–water partition coefficient (Wildman–Crippen LogP) is 2.71. The molecule has 2 atom stereocenters. The maximum Gasteiger partial charge on any atom is 0.306 e. The van der Waals surface area contributed by atoms with E-state index in [-0.39, 0.29) is 48.8 Å². The van der Waals surface area contributed by atoms with Crippen molar-refractivity contribution in [1.82, 2.24) is 5.32 Å². The van der Waals surface area contributed by atoms with Crippen LogP contribution in [0.25, 0.3) is 0 Å². The lowest BCUT2D eigenvalue weighted by molar-refractivity contribution is -0.155. The molecule has 0 bridgehead atoms. The van der Waals surface area contributed by atoms with Crippen LogP contribution in [-0.2, 0) is 23.9 Å². The van der Waals surface area contributed by atoms with Gasteiger partial charge in [-0.1, -0.05) is 21.6 Å². The van der Waals surface area contributed by atoms with Crippen LogP contribution in [0.4, 0.5) is 0 Å². The summed E-state index contributed by atoms with van der Waals surface area (Å²) in [6.45, 7) is 10.8. The summed E-state index contributed by atoms with van der Waals surface area (Å²) < 4.78 is 5.16. The monoisotopic (exact) mass is 383 g/mol. The molecule has 0 rings (SSSR count). The standard InChI is InChI=1S/C18H31BNO5P/c1-12(2)11-13(14(21)7-10-17(24)26(6)19)20-15(22)8-9-16(23)25-18(3,4)5/h12-13H,7-11H2,1-6H3,(H,20,22). The average Bonchev–Trinajstić information content (AvgIpc) is 2.47. The third-order valence-electron chi connectivity index (χ3n) is 3.39. The quantitative estimate of drug-likeness (QED) is 0.337. The summed E-state index contributed by atoms with van der Waals surface area (Å²) in [5.41, 5.74) is -0.717. The Morgan fingerprint density at radius 3 is 2.08 bits per heavy atom. The molecule has 0 aliphatic heterocycles. The number of amides is 1. The zero-order valence-electron chi connectivity index (χ0n) is 16.8. The highest BCUT2D eigenvalue weighted by atomic mass is 31.1. The molecule has 26 heavy (non-hydrogen) atoms. The van der Waals surface area contributed by atoms with Crippen LogP contribution in [0, 0.1) is 5.92 Å². The first-order chi connectivity index (χ1) is 11.8. The lowest BCUT2D eigenvalue weighted by atomic mass is 9.97. The van der Waals surface area contributed by atoms with Gasteiger partial charge in [-0.3, -0.25) is 19.2 Å². The average molecular weight is 383 g/mol. The number of carbonyl (C=O) groups is 4. The van der Waals surface area contributed by atoms with Crippen molar-refractivity contribution >= 4 is 38.5 Å². The topological polar surface area (TPSA) is 89.5 Å². The summed E-state index contributed by atoms with van der Waals surface area (Å²) in [5.74, 6) is -0.819. The van der Waals surface area contributed by atoms with Crippen LogP contribution in [0.2, 0.25) is 0 Å². The molecule has 0 aliphatic rings. The molecular formula is C18H31BNO5P. The van der Waals surface area contributed by atoms with E-state index in [9.17, 15) is 19.2 Å². The van der Waals surface area contributed by atoms with Crippen LogP contribution in [0.3, 0.4) is 0 Å². The molecule has 1 N–H and O–H groups in total. The largest absolute Gasteiger partial charge is 0.460 e. The number of nitrogens with one attached hydrogen (secondary N) is 1. The van der Waals surface area contributed by atoms with Gasteiger partial charge in [0.05, 0.1) is 12.5 Å². The lowest BCUT2D eigenvalue weighted by Gasteiger charge is -2.21. The van der Waals surface area contributed by atoms with Crippen LogP contribution in [0.1, 0.15) is 66.7 Å². The summed E-state index contributed by atoms with van der Waals surface area (Å²) in [6.07, 6.45) is 0.553. The van der Waals surface area contributed by atoms with Crippen LogP contribution in [0.15, 0.2) is 0 Å². The van der Waals surface area contributed by atoms with Crippen LogP contribution >= 0.6 is 7.80 Å². The first kappa shape index (κ1) is 24.8. The van der Waals surface area contributed by atoms with Gasteiger partial charge in [0.1, 0.15) is 18.7 Å². The molecule has 0 aromatic carbocycles. The van der Waals surface area contributed by atoms with Gasteiger partial charge in [0.25, 0.3) is 0 Å². The normalized spacial score (nSPS) is 13.8. The Hall–Kier alpha value is -1.23. The number of hydrogen-bond donors (Lipinski definition) is 1. The number of ether oxygens (including phenoxy) is 1. The van der Waals surface area contributed by atoms with Crippen molar-refractivity contribution in [1.29, 1.82) is 0 Å². The van der Waals surface area contributed by atoms with Gasteiger partial charge in [0.2, 0.25) is 5.91 Å². The third kappa shape index (κ3) is 12.2. The highest BCUT2D eigenvalue weighted by Crippen LogP contribution is 2.26. The molecule has 0 heterocycles. The number of ketones is 1. The molecule has 0 aliphatic carbocycles. The van der Waals surface area contributed by atoms with Crippen LogP contribution in [-0.4, -0.2) is 49.1 Å². The van der Waals surface area contributed by atoms with Crippen molar-refractivity contribution in [2.75, 3.05) is 6.66 Å². The summed E-state index contributed by atoms with van der Waals surface area (Å²) >= 11 is 0. The van der Waals surface area contributed by atoms with Gasteiger partial charge < -0.3 is 10.1 Å². The van der Waals surface area contributed by atoms with Gasteiger partial charge >= 0.3 is 5.97 Å². The van der Waals surface area contributed by atoms with E-state index in [0.29, 0.717) is 6.42 Å². The highest BCUT2D eigenvalue weighted by molar-refractivity contribution is 7.94. The molecule has 0 saturated carbocycles. The Balaban J connectivity index is 4.59. The summed E-state index contributed by atoms with van der Waals surface area (Å²) in [7, 11) is 4.36. The predicted molar refractivity (Wildman–Crippen MR) is 104 cm³/mol. The zero-order chi connectivity index (χ0) is 20.5. The Morgan fingerprint density at radius 2 is 1.62 bits per heavy atom. The molecule has 0 saturated heterocycles. The van der Waals surface area contributed by atoms with Gasteiger partial charge in [0, 0.05) is 19.3 Å². The first-order valence-electron chi connectivity index (χ1n) is 8.87. The summed E-state index contributed by atoms with van der Waals surface area (Å²) in [4.78, 5) is 47.8. The van der Waals surface area contributed by atoms with E-state index in [1.54, 1.807) is 27.4 Å². The Bertz CT molecular complexity index is 514. The second-order valence-corrected chi connectivity index (χ2v) is 9.53. The molecule has 146 valence electrons. The fourth-order valence-corrected chi connectivity index (χ4v) is 2.66. The zero-order valence-corrected chi connectivity index (χ0v) is 17.7. The molecule has 0 aromatic heterocycles. The number of carbonyl (C=O) groups excluding carboxylic acids is 4. The van der Waals surface area contributed by atoms with Crippen LogP contribution < -0.4 is 5.32 Å². The number of Topliss-reactive ketones (excluding diaryl/α,β-unsaturated/α-hetero) is 1. The molecule has 6 nitrogen and oxygen atoms in total. The third-order valence-corrected chi connectivity index (χ3v) is 4.40. The van der Waals surface area contributed by atoms with E-state index < -0.39 is 25.4 Å². The molecular weight excluding hydrogens is 352 g/mol. The van der Waals surface area contributed by atoms with Gasteiger partial charge in [-0.25, -0.2) is 0 Å². The maximum atomic E-state index is 12.4. The Labute approximate surface area is 159 Å². The minimum absolute atomic E-state index is 0.0429. The van der Waals surface area contributed by atoms with Gasteiger partial charge in [-0.15, -0.1) is 0 Å². The Kier molecular flexibility index (Phi) is 10.9. The van der Waals surface area contributed by atoms with E-state index in [0.717, 1.165) is 0 Å². The molecule has 2 radical (unpaired) electrons. The van der Waals surface area contributed by atoms with Crippen molar-refractivity contribution in [2.24, 2.45) is 5.92 Å². The van der Waals surface area contributed by atoms with Crippen molar-refractivity contribution in [3.05, 3.63) is 0 Å². The van der Waals surface area contributed by atoms with Gasteiger partial charge in [-0.2, -0.15) is 0 Å². The SMILES string of the molecule is [B]P(C)C(=O)CCC(=O)C(CC(C)C)NC(=O)CCC(=O)OC(C)(C)C. The fourth-order valence-electron chi connectivity index (χ4n) is 2.20. The van der Waals surface area contributed by atoms with Crippen LogP contribution in [0.5, 0.6) is 0 Å². The minimum Gasteiger partial charge on any atom is -0.460 e. The lowest BCUT2D eigenvalue weighted by Crippen LogP contribution is -2.42. The number of hydrogen-bond acceptors (Lipinski definition) is 5. The Morgan fingerprint density at radius 1 is 1.04 bits per heavy atom. The van der Waals surface area contributed by atoms with Crippen molar-refractivity contribution in [3.8, 4) is 0 Å². The second kappa shape index (κ2) is 11.5. The number of rotatable bonds is 11. The maximum absolute atomic E-state index is 12.4. The van der Waals surface area contributed by atoms with Crippen molar-refractivity contribution in [2.45, 2.75) is 78.4 Å². The second-order valence-electron chi connectivity index (χ2n) is 7.81. The highest BCUT2D eigenvalue weighted by Gasteiger charge is 2.23. The summed E-state index contributed by atoms with van der Waals surface area (Å²) in [5, 5.41) is 2.69. The minimum atomic E-state index is -1.20. The van der Waals surface area contributed by atoms with E-state index in [1.165, 1.54) is 0 Å². The van der Waals surface area contributed by atoms with E-state index in [4.69, 9.17) is 12.3 Å². The fraction of sp³-hybridized carbons (Fsp3) is 0.778.